The normalized spacial score (nSPS) is 10.4. The highest BCUT2D eigenvalue weighted by Gasteiger charge is 2.24. The number of thiophene rings is 1. The summed E-state index contributed by atoms with van der Waals surface area (Å²) in [5.74, 6) is -0.452. The largest absolute Gasteiger partial charge is 0.493 e. The molecule has 29 heavy (non-hydrogen) atoms. The van der Waals surface area contributed by atoms with Crippen molar-refractivity contribution in [3.63, 3.8) is 0 Å². The summed E-state index contributed by atoms with van der Waals surface area (Å²) >= 11 is 1.04. The van der Waals surface area contributed by atoms with Crippen molar-refractivity contribution >= 4 is 39.0 Å². The summed E-state index contributed by atoms with van der Waals surface area (Å²) in [6.07, 6.45) is 0. The number of hydrogen-bond acceptors (Lipinski definition) is 6. The van der Waals surface area contributed by atoms with E-state index in [1.165, 1.54) is 0 Å². The van der Waals surface area contributed by atoms with E-state index >= 15 is 0 Å². The van der Waals surface area contributed by atoms with Gasteiger partial charge in [0.05, 0.1) is 24.3 Å². The number of anilines is 1. The fourth-order valence-corrected chi connectivity index (χ4v) is 4.10. The Balaban J connectivity index is 2.05. The number of benzene rings is 2. The van der Waals surface area contributed by atoms with Crippen LogP contribution in [0.15, 0.2) is 36.4 Å². The van der Waals surface area contributed by atoms with Crippen molar-refractivity contribution in [3.05, 3.63) is 58.0 Å². The maximum atomic E-state index is 13.2. The number of fused-ring (bicyclic) bond motifs is 1. The van der Waals surface area contributed by atoms with Gasteiger partial charge in [-0.1, -0.05) is 30.3 Å². The molecule has 0 saturated heterocycles. The zero-order chi connectivity index (χ0) is 21.0. The summed E-state index contributed by atoms with van der Waals surface area (Å²) in [6, 6.07) is 13.2. The lowest BCUT2D eigenvalue weighted by atomic mass is 10.0. The highest BCUT2D eigenvalue weighted by atomic mass is 32.1. The minimum atomic E-state index is -0.507. The first-order chi connectivity index (χ1) is 14.0. The lowest BCUT2D eigenvalue weighted by molar-refractivity contribution is 0.0531. The molecule has 3 rings (SSSR count). The van der Waals surface area contributed by atoms with Crippen molar-refractivity contribution < 1.29 is 19.1 Å². The number of nitriles is 1. The number of carbonyl (C=O) groups is 2. The molecule has 1 heterocycles. The van der Waals surface area contributed by atoms with Crippen molar-refractivity contribution in [2.24, 2.45) is 0 Å². The predicted octanol–water partition coefficient (Wildman–Crippen LogP) is 4.91. The zero-order valence-corrected chi connectivity index (χ0v) is 17.2. The molecule has 0 atom stereocenters. The Bertz CT molecular complexity index is 1130. The van der Waals surface area contributed by atoms with Crippen LogP contribution in [-0.2, 0) is 4.74 Å². The third-order valence-electron chi connectivity index (χ3n) is 4.36. The molecule has 0 radical (unpaired) electrons. The van der Waals surface area contributed by atoms with Crippen LogP contribution in [0.25, 0.3) is 10.8 Å². The molecule has 6 nitrogen and oxygen atoms in total. The van der Waals surface area contributed by atoms with Crippen LogP contribution in [0.2, 0.25) is 0 Å². The molecule has 0 aliphatic rings. The van der Waals surface area contributed by atoms with Crippen LogP contribution in [0.4, 0.5) is 5.00 Å². The van der Waals surface area contributed by atoms with Gasteiger partial charge in [0.2, 0.25) is 0 Å². The van der Waals surface area contributed by atoms with Crippen molar-refractivity contribution in [1.29, 1.82) is 5.26 Å². The first-order valence-electron chi connectivity index (χ1n) is 9.18. The topological polar surface area (TPSA) is 88.4 Å². The third-order valence-corrected chi connectivity index (χ3v) is 5.55. The van der Waals surface area contributed by atoms with Gasteiger partial charge in [0.25, 0.3) is 5.91 Å². The van der Waals surface area contributed by atoms with E-state index in [2.05, 4.69) is 11.4 Å². The highest BCUT2D eigenvalue weighted by molar-refractivity contribution is 7.18. The van der Waals surface area contributed by atoms with Crippen molar-refractivity contribution in [2.45, 2.75) is 20.8 Å². The molecule has 0 unspecified atom stereocenters. The number of nitrogens with one attached hydrogen (secondary N) is 1. The number of hydrogen-bond donors (Lipinski definition) is 1. The Kier molecular flexibility index (Phi) is 6.15. The summed E-state index contributed by atoms with van der Waals surface area (Å²) in [5.41, 5.74) is 1.14. The minimum absolute atomic E-state index is 0.230. The average molecular weight is 408 g/mol. The van der Waals surface area contributed by atoms with Gasteiger partial charge in [-0.15, -0.1) is 11.3 Å². The van der Waals surface area contributed by atoms with E-state index in [0.717, 1.165) is 22.1 Å². The molecule has 0 bridgehead atoms. The standard InChI is InChI=1S/C22H20N2O4S/c1-4-27-17-11-10-14-8-6-7-9-15(14)18(17)20(25)24-21-16(12-23)13(3)19(29-21)22(26)28-5-2/h6-11H,4-5H2,1-3H3,(H,24,25). The summed E-state index contributed by atoms with van der Waals surface area (Å²) in [5, 5.41) is 14.3. The Labute approximate surface area is 172 Å². The van der Waals surface area contributed by atoms with Crippen LogP contribution in [0.1, 0.15) is 45.0 Å². The van der Waals surface area contributed by atoms with Gasteiger partial charge in [-0.25, -0.2) is 4.79 Å². The summed E-state index contributed by atoms with van der Waals surface area (Å²) < 4.78 is 10.7. The second-order valence-electron chi connectivity index (χ2n) is 6.14. The monoisotopic (exact) mass is 408 g/mol. The van der Waals surface area contributed by atoms with Crippen LogP contribution < -0.4 is 10.1 Å². The van der Waals surface area contributed by atoms with Crippen LogP contribution in [0.5, 0.6) is 5.75 Å². The Morgan fingerprint density at radius 3 is 2.59 bits per heavy atom. The van der Waals surface area contributed by atoms with Gasteiger partial charge < -0.3 is 14.8 Å². The maximum absolute atomic E-state index is 13.2. The minimum Gasteiger partial charge on any atom is -0.493 e. The lowest BCUT2D eigenvalue weighted by Crippen LogP contribution is -2.14. The quantitative estimate of drug-likeness (QED) is 0.586. The second kappa shape index (κ2) is 8.76. The van der Waals surface area contributed by atoms with E-state index in [1.807, 2.05) is 37.3 Å². The second-order valence-corrected chi connectivity index (χ2v) is 7.16. The molecule has 3 aromatic rings. The van der Waals surface area contributed by atoms with E-state index in [-0.39, 0.29) is 12.2 Å². The number of nitrogens with zero attached hydrogens (tertiary/aromatic N) is 1. The predicted molar refractivity (Wildman–Crippen MR) is 113 cm³/mol. The number of carbonyl (C=O) groups excluding carboxylic acids is 2. The smallest absolute Gasteiger partial charge is 0.348 e. The lowest BCUT2D eigenvalue weighted by Gasteiger charge is -2.13. The van der Waals surface area contributed by atoms with Crippen molar-refractivity contribution in [1.82, 2.24) is 0 Å². The Morgan fingerprint density at radius 2 is 1.90 bits per heavy atom. The van der Waals surface area contributed by atoms with Crippen LogP contribution >= 0.6 is 11.3 Å². The van der Waals surface area contributed by atoms with Gasteiger partial charge >= 0.3 is 5.97 Å². The van der Waals surface area contributed by atoms with E-state index in [1.54, 1.807) is 19.9 Å². The molecule has 0 aliphatic carbocycles. The number of amides is 1. The highest BCUT2D eigenvalue weighted by Crippen LogP contribution is 2.35. The van der Waals surface area contributed by atoms with Crippen LogP contribution in [-0.4, -0.2) is 25.1 Å². The third kappa shape index (κ3) is 3.93. The maximum Gasteiger partial charge on any atom is 0.348 e. The fraction of sp³-hybridized carbons (Fsp3) is 0.227. The van der Waals surface area contributed by atoms with Gasteiger partial charge in [-0.2, -0.15) is 5.26 Å². The van der Waals surface area contributed by atoms with Crippen LogP contribution in [0.3, 0.4) is 0 Å². The molecule has 0 aliphatic heterocycles. The fourth-order valence-electron chi connectivity index (χ4n) is 3.05. The van der Waals surface area contributed by atoms with Gasteiger partial charge in [-0.3, -0.25) is 4.79 Å². The number of esters is 1. The van der Waals surface area contributed by atoms with Gasteiger partial charge in [-0.05, 0) is 43.2 Å². The first-order valence-corrected chi connectivity index (χ1v) is 9.99. The van der Waals surface area contributed by atoms with E-state index < -0.39 is 11.9 Å². The molecular formula is C22H20N2O4S. The Hall–Kier alpha value is -3.37. The van der Waals surface area contributed by atoms with Gasteiger partial charge in [0.1, 0.15) is 21.7 Å². The SMILES string of the molecule is CCOC(=O)c1sc(NC(=O)c2c(OCC)ccc3ccccc23)c(C#N)c1C. The van der Waals surface area contributed by atoms with Crippen molar-refractivity contribution in [3.8, 4) is 11.8 Å². The van der Waals surface area contributed by atoms with E-state index in [0.29, 0.717) is 33.4 Å². The molecule has 0 fully saturated rings. The molecule has 2 aromatic carbocycles. The van der Waals surface area contributed by atoms with Gasteiger partial charge in [0.15, 0.2) is 0 Å². The number of rotatable bonds is 6. The van der Waals surface area contributed by atoms with E-state index in [4.69, 9.17) is 9.47 Å². The number of ether oxygens (including phenoxy) is 2. The summed E-state index contributed by atoms with van der Waals surface area (Å²) in [4.78, 5) is 25.7. The molecule has 0 saturated carbocycles. The molecule has 7 heteroatoms. The summed E-state index contributed by atoms with van der Waals surface area (Å²) in [6.45, 7) is 5.87. The Morgan fingerprint density at radius 1 is 1.14 bits per heavy atom. The molecular weight excluding hydrogens is 388 g/mol. The van der Waals surface area contributed by atoms with Gasteiger partial charge in [0, 0.05) is 0 Å². The molecule has 1 amide bonds. The first kappa shape index (κ1) is 20.4. The molecule has 1 N–H and O–H groups in total. The summed E-state index contributed by atoms with van der Waals surface area (Å²) in [7, 11) is 0. The molecule has 1 aromatic heterocycles. The van der Waals surface area contributed by atoms with E-state index in [9.17, 15) is 14.9 Å². The van der Waals surface area contributed by atoms with Crippen LogP contribution in [0, 0.1) is 18.3 Å². The molecule has 148 valence electrons. The average Bonchev–Trinajstić information content (AvgIpc) is 3.03. The zero-order valence-electron chi connectivity index (χ0n) is 16.4. The molecule has 0 spiro atoms. The van der Waals surface area contributed by atoms with Crippen molar-refractivity contribution in [2.75, 3.05) is 18.5 Å².